The molecule has 2 aliphatic rings. The number of hydrogen-bond acceptors (Lipinski definition) is 12. The molecule has 0 bridgehead atoms. The summed E-state index contributed by atoms with van der Waals surface area (Å²) in [6, 6.07) is 8.67. The van der Waals surface area contributed by atoms with Crippen LogP contribution in [0.25, 0.3) is 11.0 Å². The van der Waals surface area contributed by atoms with Crippen molar-refractivity contribution in [3.05, 3.63) is 52.9 Å². The number of anilines is 5. The molecular weight excluding hydrogens is 705 g/mol. The lowest BCUT2D eigenvalue weighted by molar-refractivity contribution is 0.0672. The predicted molar refractivity (Wildman–Crippen MR) is 202 cm³/mol. The van der Waals surface area contributed by atoms with Crippen molar-refractivity contribution < 1.29 is 14.0 Å². The van der Waals surface area contributed by atoms with E-state index >= 15 is 0 Å². The molecule has 12 nitrogen and oxygen atoms in total. The Kier molecular flexibility index (Phi) is 11.4. The molecule has 0 saturated carbocycles. The molecule has 0 unspecified atom stereocenters. The average molecular weight is 753 g/mol. The number of benzene rings is 2. The number of aromatic nitrogens is 4. The lowest BCUT2D eigenvalue weighted by Crippen LogP contribution is -2.53. The molecule has 6 rings (SSSR count). The van der Waals surface area contributed by atoms with Crippen LogP contribution in [0.3, 0.4) is 0 Å². The maximum absolute atomic E-state index is 13.4. The van der Waals surface area contributed by atoms with Gasteiger partial charge in [-0.3, -0.25) is 19.8 Å². The van der Waals surface area contributed by atoms with Crippen molar-refractivity contribution in [2.75, 3.05) is 95.5 Å². The second kappa shape index (κ2) is 15.7. The number of piperidine rings is 1. The Hall–Kier alpha value is -3.35. The fraction of sp³-hybridized carbons (Fsp3) is 0.486. The van der Waals surface area contributed by atoms with E-state index < -0.39 is 7.14 Å². The van der Waals surface area contributed by atoms with Crippen LogP contribution in [0.15, 0.2) is 47.3 Å². The summed E-state index contributed by atoms with van der Waals surface area (Å²) in [6.45, 7) is 14.0. The number of rotatable bonds is 12. The zero-order valence-corrected chi connectivity index (χ0v) is 31.6. The topological polar surface area (TPSA) is 121 Å². The summed E-state index contributed by atoms with van der Waals surface area (Å²) in [7, 11) is 0.731. The molecule has 0 spiro atoms. The molecule has 2 aromatic heterocycles. The molecule has 262 valence electrons. The molecule has 49 heavy (non-hydrogen) atoms. The summed E-state index contributed by atoms with van der Waals surface area (Å²) in [4.78, 5) is 26.0. The van der Waals surface area contributed by atoms with Crippen LogP contribution in [0, 0.1) is 0 Å². The number of hydrogen-bond donors (Lipinski definition) is 2. The van der Waals surface area contributed by atoms with Gasteiger partial charge in [0.15, 0.2) is 0 Å². The normalized spacial score (nSPS) is 16.7. The molecule has 2 aliphatic heterocycles. The van der Waals surface area contributed by atoms with Gasteiger partial charge < -0.3 is 29.6 Å². The predicted octanol–water partition coefficient (Wildman–Crippen LogP) is 5.72. The van der Waals surface area contributed by atoms with Crippen LogP contribution in [-0.4, -0.2) is 116 Å². The number of nitrogens with zero attached hydrogens (tertiary/aromatic N) is 7. The SMILES string of the molecule is CCc1cc(Nc2ncc(Br)c(Nc3ccc4nccnc4c3P(C)(C)=O)n2)c(OC)cc1N1CCC(N2CCN(CCOC)CC2)CC1. The van der Waals surface area contributed by atoms with Crippen LogP contribution in [0.2, 0.25) is 0 Å². The number of fused-ring (bicyclic) bond motifs is 1. The molecule has 14 heteroatoms. The summed E-state index contributed by atoms with van der Waals surface area (Å²) < 4.78 is 25.3. The van der Waals surface area contributed by atoms with E-state index in [1.807, 2.05) is 12.1 Å². The molecular formula is C35H47BrN9O3P. The molecule has 2 aromatic carbocycles. The summed E-state index contributed by atoms with van der Waals surface area (Å²) in [5.74, 6) is 1.66. The average Bonchev–Trinajstić information content (AvgIpc) is 3.11. The zero-order chi connectivity index (χ0) is 34.5. The van der Waals surface area contributed by atoms with Crippen molar-refractivity contribution in [3.63, 3.8) is 0 Å². The van der Waals surface area contributed by atoms with Crippen molar-refractivity contribution >= 4 is 68.2 Å². The van der Waals surface area contributed by atoms with Gasteiger partial charge in [0, 0.05) is 89.3 Å². The smallest absolute Gasteiger partial charge is 0.229 e. The molecule has 4 aromatic rings. The van der Waals surface area contributed by atoms with E-state index in [9.17, 15) is 4.57 Å². The molecule has 0 aliphatic carbocycles. The maximum atomic E-state index is 13.4. The summed E-state index contributed by atoms with van der Waals surface area (Å²) >= 11 is 3.59. The third-order valence-electron chi connectivity index (χ3n) is 9.52. The molecule has 2 fully saturated rings. The van der Waals surface area contributed by atoms with E-state index in [1.165, 1.54) is 11.3 Å². The van der Waals surface area contributed by atoms with Gasteiger partial charge in [-0.2, -0.15) is 4.98 Å². The van der Waals surface area contributed by atoms with Crippen molar-refractivity contribution in [3.8, 4) is 5.75 Å². The highest BCUT2D eigenvalue weighted by Crippen LogP contribution is 2.42. The standard InChI is InChI=1S/C35H47BrN9O3P/c1-6-24-21-29(31(48-3)22-30(24)45-13-9-25(10-14-45)44-17-15-43(16-18-44)19-20-47-2)41-35-39-23-26(36)34(42-35)40-28-8-7-27-32(38-12-11-37-27)33(28)49(4,5)46/h7-8,11-12,21-23,25H,6,9-10,13-20H2,1-5H3,(H2,39,40,41,42). The van der Waals surface area contributed by atoms with Crippen molar-refractivity contribution in [2.24, 2.45) is 0 Å². The Bertz CT molecular complexity index is 1810. The van der Waals surface area contributed by atoms with E-state index in [4.69, 9.17) is 14.5 Å². The third kappa shape index (κ3) is 8.18. The van der Waals surface area contributed by atoms with Crippen LogP contribution in [-0.2, 0) is 15.7 Å². The first-order valence-corrected chi connectivity index (χ1v) is 20.3. The molecule has 2 saturated heterocycles. The Morgan fingerprint density at radius 2 is 1.71 bits per heavy atom. The number of piperazine rings is 1. The second-order valence-corrected chi connectivity index (χ2v) is 17.0. The number of halogens is 1. The van der Waals surface area contributed by atoms with E-state index in [1.54, 1.807) is 46.1 Å². The number of nitrogens with one attached hydrogen (secondary N) is 2. The summed E-state index contributed by atoms with van der Waals surface area (Å²) in [6.07, 6.45) is 8.14. The Balaban J connectivity index is 1.17. The first-order chi connectivity index (χ1) is 23.7. The largest absolute Gasteiger partial charge is 0.494 e. The monoisotopic (exact) mass is 751 g/mol. The Morgan fingerprint density at radius 1 is 0.959 bits per heavy atom. The van der Waals surface area contributed by atoms with Crippen LogP contribution < -0.4 is 25.6 Å². The minimum Gasteiger partial charge on any atom is -0.494 e. The van der Waals surface area contributed by atoms with Crippen LogP contribution >= 0.6 is 23.1 Å². The van der Waals surface area contributed by atoms with Crippen molar-refractivity contribution in [2.45, 2.75) is 32.2 Å². The highest BCUT2D eigenvalue weighted by atomic mass is 79.9. The van der Waals surface area contributed by atoms with Gasteiger partial charge in [-0.15, -0.1) is 0 Å². The van der Waals surface area contributed by atoms with Crippen LogP contribution in [0.5, 0.6) is 5.75 Å². The Labute approximate surface area is 297 Å². The van der Waals surface area contributed by atoms with E-state index in [0.717, 1.165) is 83.1 Å². The molecule has 2 N–H and O–H groups in total. The van der Waals surface area contributed by atoms with E-state index in [0.29, 0.717) is 44.3 Å². The number of ether oxygens (including phenoxy) is 2. The summed E-state index contributed by atoms with van der Waals surface area (Å²) in [5, 5.41) is 7.41. The number of aryl methyl sites for hydroxylation is 1. The third-order valence-corrected chi connectivity index (χ3v) is 11.6. The molecule has 0 atom stereocenters. The highest BCUT2D eigenvalue weighted by molar-refractivity contribution is 9.10. The van der Waals surface area contributed by atoms with E-state index in [2.05, 4.69) is 75.3 Å². The number of methoxy groups -OCH3 is 2. The van der Waals surface area contributed by atoms with Gasteiger partial charge in [0.1, 0.15) is 24.2 Å². The lowest BCUT2D eigenvalue weighted by Gasteiger charge is -2.43. The van der Waals surface area contributed by atoms with Gasteiger partial charge in [-0.25, -0.2) is 4.98 Å². The van der Waals surface area contributed by atoms with Crippen LogP contribution in [0.4, 0.5) is 28.8 Å². The van der Waals surface area contributed by atoms with Crippen molar-refractivity contribution in [1.29, 1.82) is 0 Å². The van der Waals surface area contributed by atoms with Gasteiger partial charge in [-0.05, 0) is 72.3 Å². The minimum absolute atomic E-state index is 0.403. The molecule has 4 heterocycles. The zero-order valence-electron chi connectivity index (χ0n) is 29.1. The first-order valence-electron chi connectivity index (χ1n) is 17.0. The first kappa shape index (κ1) is 35.5. The maximum Gasteiger partial charge on any atom is 0.229 e. The van der Waals surface area contributed by atoms with Gasteiger partial charge in [-0.1, -0.05) is 6.92 Å². The fourth-order valence-corrected chi connectivity index (χ4v) is 8.62. The van der Waals surface area contributed by atoms with Gasteiger partial charge >= 0.3 is 0 Å². The van der Waals surface area contributed by atoms with E-state index in [-0.39, 0.29) is 0 Å². The minimum atomic E-state index is -2.74. The van der Waals surface area contributed by atoms with Gasteiger partial charge in [0.25, 0.3) is 0 Å². The lowest BCUT2D eigenvalue weighted by atomic mass is 9.99. The molecule has 0 amide bonds. The van der Waals surface area contributed by atoms with Crippen molar-refractivity contribution in [1.82, 2.24) is 29.7 Å². The highest BCUT2D eigenvalue weighted by Gasteiger charge is 2.29. The van der Waals surface area contributed by atoms with Gasteiger partial charge in [0.2, 0.25) is 5.95 Å². The van der Waals surface area contributed by atoms with Crippen LogP contribution in [0.1, 0.15) is 25.3 Å². The fourth-order valence-electron chi connectivity index (χ4n) is 6.93. The van der Waals surface area contributed by atoms with Gasteiger partial charge in [0.05, 0.1) is 40.4 Å². The quantitative estimate of drug-likeness (QED) is 0.172. The summed E-state index contributed by atoms with van der Waals surface area (Å²) in [5.41, 5.74) is 5.23. The second-order valence-electron chi connectivity index (χ2n) is 13.0. The Morgan fingerprint density at radius 3 is 2.41 bits per heavy atom. The molecule has 0 radical (unpaired) electrons.